The number of halogens is 1. The first-order valence-electron chi connectivity index (χ1n) is 7.06. The van der Waals surface area contributed by atoms with E-state index in [1.165, 1.54) is 5.56 Å². The van der Waals surface area contributed by atoms with Gasteiger partial charge < -0.3 is 15.0 Å². The molecule has 0 aliphatic carbocycles. The number of carbonyl (C=O) groups is 1. The van der Waals surface area contributed by atoms with Crippen molar-refractivity contribution in [2.45, 2.75) is 26.7 Å². The number of methoxy groups -OCH3 is 1. The van der Waals surface area contributed by atoms with Gasteiger partial charge in [-0.05, 0) is 43.5 Å². The fourth-order valence-corrected chi connectivity index (χ4v) is 2.82. The largest absolute Gasteiger partial charge is 0.384 e. The number of H-pyrrole nitrogens is 1. The van der Waals surface area contributed by atoms with E-state index >= 15 is 0 Å². The molecule has 0 radical (unpaired) electrons. The van der Waals surface area contributed by atoms with Gasteiger partial charge in [0, 0.05) is 41.7 Å². The molecule has 114 valence electrons. The van der Waals surface area contributed by atoms with E-state index in [1.807, 2.05) is 19.1 Å². The molecular weight excluding hydrogens is 288 g/mol. The molecule has 0 fully saturated rings. The Kier molecular flexibility index (Phi) is 5.26. The number of benzene rings is 1. The van der Waals surface area contributed by atoms with Crippen LogP contribution in [0.3, 0.4) is 0 Å². The first-order chi connectivity index (χ1) is 10.0. The number of hydrogen-bond donors (Lipinski definition) is 2. The highest BCUT2D eigenvalue weighted by atomic mass is 35.5. The van der Waals surface area contributed by atoms with E-state index < -0.39 is 0 Å². The second kappa shape index (κ2) is 6.96. The SMILES string of the molecule is COCCC(=O)NCCc1c(C)[nH]c2c(C)cc(Cl)cc12. The van der Waals surface area contributed by atoms with Crippen molar-refractivity contribution in [2.24, 2.45) is 0 Å². The van der Waals surface area contributed by atoms with E-state index in [9.17, 15) is 4.79 Å². The third-order valence-electron chi connectivity index (χ3n) is 3.62. The fraction of sp³-hybridized carbons (Fsp3) is 0.438. The number of ether oxygens (including phenoxy) is 1. The van der Waals surface area contributed by atoms with Crippen molar-refractivity contribution < 1.29 is 9.53 Å². The zero-order valence-electron chi connectivity index (χ0n) is 12.7. The Morgan fingerprint density at radius 2 is 2.14 bits per heavy atom. The average Bonchev–Trinajstić information content (AvgIpc) is 2.74. The quantitative estimate of drug-likeness (QED) is 0.861. The van der Waals surface area contributed by atoms with Crippen molar-refractivity contribution in [2.75, 3.05) is 20.3 Å². The summed E-state index contributed by atoms with van der Waals surface area (Å²) >= 11 is 6.15. The van der Waals surface area contributed by atoms with Crippen molar-refractivity contribution in [1.82, 2.24) is 10.3 Å². The summed E-state index contributed by atoms with van der Waals surface area (Å²) in [5.74, 6) is 0.0172. The van der Waals surface area contributed by atoms with E-state index in [0.29, 0.717) is 19.6 Å². The Labute approximate surface area is 129 Å². The number of carbonyl (C=O) groups excluding carboxylic acids is 1. The zero-order valence-corrected chi connectivity index (χ0v) is 13.4. The van der Waals surface area contributed by atoms with Crippen LogP contribution in [-0.2, 0) is 16.0 Å². The monoisotopic (exact) mass is 308 g/mol. The number of aromatic amines is 1. The zero-order chi connectivity index (χ0) is 15.4. The fourth-order valence-electron chi connectivity index (χ4n) is 2.54. The molecule has 1 heterocycles. The molecule has 0 atom stereocenters. The summed E-state index contributed by atoms with van der Waals surface area (Å²) in [7, 11) is 1.59. The first kappa shape index (κ1) is 15.9. The third-order valence-corrected chi connectivity index (χ3v) is 3.84. The van der Waals surface area contributed by atoms with E-state index in [4.69, 9.17) is 16.3 Å². The normalized spacial score (nSPS) is 11.0. The molecule has 0 bridgehead atoms. The van der Waals surface area contributed by atoms with Gasteiger partial charge in [0.15, 0.2) is 0 Å². The minimum absolute atomic E-state index is 0.0172. The summed E-state index contributed by atoms with van der Waals surface area (Å²) < 4.78 is 4.89. The van der Waals surface area contributed by atoms with Gasteiger partial charge in [-0.2, -0.15) is 0 Å². The number of amides is 1. The smallest absolute Gasteiger partial charge is 0.222 e. The van der Waals surface area contributed by atoms with Crippen molar-refractivity contribution >= 4 is 28.4 Å². The number of aromatic nitrogens is 1. The topological polar surface area (TPSA) is 54.1 Å². The standard InChI is InChI=1S/C16H21ClN2O2/c1-10-8-12(17)9-14-13(11(2)19-16(10)14)4-6-18-15(20)5-7-21-3/h8-9,19H,4-7H2,1-3H3,(H,18,20). The van der Waals surface area contributed by atoms with Gasteiger partial charge in [-0.3, -0.25) is 4.79 Å². The minimum atomic E-state index is 0.0172. The maximum atomic E-state index is 11.6. The first-order valence-corrected chi connectivity index (χ1v) is 7.43. The van der Waals surface area contributed by atoms with Crippen LogP contribution in [0.25, 0.3) is 10.9 Å². The summed E-state index contributed by atoms with van der Waals surface area (Å²) in [6.07, 6.45) is 1.18. The predicted molar refractivity (Wildman–Crippen MR) is 86.0 cm³/mol. The number of hydrogen-bond acceptors (Lipinski definition) is 2. The van der Waals surface area contributed by atoms with Crippen molar-refractivity contribution in [1.29, 1.82) is 0 Å². The third kappa shape index (κ3) is 3.77. The molecule has 2 rings (SSSR count). The van der Waals surface area contributed by atoms with Crippen LogP contribution in [0.1, 0.15) is 23.2 Å². The lowest BCUT2D eigenvalue weighted by molar-refractivity contribution is -0.121. The summed E-state index contributed by atoms with van der Waals surface area (Å²) in [5, 5.41) is 4.79. The molecular formula is C16H21ClN2O2. The van der Waals surface area contributed by atoms with Gasteiger partial charge in [-0.1, -0.05) is 11.6 Å². The predicted octanol–water partition coefficient (Wildman–Crippen LogP) is 3.13. The Balaban J connectivity index is 2.08. The van der Waals surface area contributed by atoms with E-state index in [2.05, 4.69) is 17.2 Å². The van der Waals surface area contributed by atoms with Crippen molar-refractivity contribution in [3.8, 4) is 0 Å². The van der Waals surface area contributed by atoms with Crippen LogP contribution in [0.2, 0.25) is 5.02 Å². The highest BCUT2D eigenvalue weighted by Gasteiger charge is 2.11. The Morgan fingerprint density at radius 3 is 2.86 bits per heavy atom. The number of aryl methyl sites for hydroxylation is 2. The molecule has 21 heavy (non-hydrogen) atoms. The van der Waals surface area contributed by atoms with E-state index in [-0.39, 0.29) is 5.91 Å². The van der Waals surface area contributed by atoms with Crippen LogP contribution in [0.5, 0.6) is 0 Å². The number of nitrogens with one attached hydrogen (secondary N) is 2. The van der Waals surface area contributed by atoms with Gasteiger partial charge in [-0.25, -0.2) is 0 Å². The highest BCUT2D eigenvalue weighted by Crippen LogP contribution is 2.28. The Morgan fingerprint density at radius 1 is 1.38 bits per heavy atom. The van der Waals surface area contributed by atoms with E-state index in [0.717, 1.165) is 33.6 Å². The minimum Gasteiger partial charge on any atom is -0.384 e. The van der Waals surface area contributed by atoms with Crippen LogP contribution < -0.4 is 5.32 Å². The van der Waals surface area contributed by atoms with Crippen molar-refractivity contribution in [3.63, 3.8) is 0 Å². The van der Waals surface area contributed by atoms with Gasteiger partial charge in [0.25, 0.3) is 0 Å². The molecule has 0 spiro atoms. The molecule has 0 aliphatic heterocycles. The average molecular weight is 309 g/mol. The molecule has 0 saturated heterocycles. The van der Waals surface area contributed by atoms with Crippen LogP contribution in [0.4, 0.5) is 0 Å². The Bertz CT molecular complexity index is 649. The molecule has 2 aromatic rings. The molecule has 1 amide bonds. The van der Waals surface area contributed by atoms with Gasteiger partial charge in [-0.15, -0.1) is 0 Å². The second-order valence-electron chi connectivity index (χ2n) is 5.22. The maximum Gasteiger partial charge on any atom is 0.222 e. The number of rotatable bonds is 6. The lowest BCUT2D eigenvalue weighted by Crippen LogP contribution is -2.26. The van der Waals surface area contributed by atoms with Crippen LogP contribution in [-0.4, -0.2) is 31.2 Å². The Hall–Kier alpha value is -1.52. The molecule has 1 aromatic carbocycles. The molecule has 1 aromatic heterocycles. The summed E-state index contributed by atoms with van der Waals surface area (Å²) in [5.41, 5.74) is 4.60. The molecule has 5 heteroatoms. The van der Waals surface area contributed by atoms with Crippen LogP contribution in [0, 0.1) is 13.8 Å². The van der Waals surface area contributed by atoms with Gasteiger partial charge in [0.1, 0.15) is 0 Å². The van der Waals surface area contributed by atoms with Gasteiger partial charge >= 0.3 is 0 Å². The van der Waals surface area contributed by atoms with Crippen LogP contribution in [0.15, 0.2) is 12.1 Å². The lowest BCUT2D eigenvalue weighted by atomic mass is 10.1. The second-order valence-corrected chi connectivity index (χ2v) is 5.65. The van der Waals surface area contributed by atoms with Crippen molar-refractivity contribution in [3.05, 3.63) is 34.0 Å². The van der Waals surface area contributed by atoms with Gasteiger partial charge in [0.2, 0.25) is 5.91 Å². The molecule has 0 aliphatic rings. The highest BCUT2D eigenvalue weighted by molar-refractivity contribution is 6.31. The lowest BCUT2D eigenvalue weighted by Gasteiger charge is -2.06. The molecule has 0 unspecified atom stereocenters. The summed E-state index contributed by atoms with van der Waals surface area (Å²) in [6, 6.07) is 3.94. The summed E-state index contributed by atoms with van der Waals surface area (Å²) in [6.45, 7) is 5.16. The molecule has 2 N–H and O–H groups in total. The summed E-state index contributed by atoms with van der Waals surface area (Å²) in [4.78, 5) is 15.0. The maximum absolute atomic E-state index is 11.6. The van der Waals surface area contributed by atoms with E-state index in [1.54, 1.807) is 7.11 Å². The molecule has 0 saturated carbocycles. The number of fused-ring (bicyclic) bond motifs is 1. The van der Waals surface area contributed by atoms with Gasteiger partial charge in [0.05, 0.1) is 6.61 Å². The molecule has 4 nitrogen and oxygen atoms in total. The van der Waals surface area contributed by atoms with Crippen LogP contribution >= 0.6 is 11.6 Å².